The fourth-order valence-electron chi connectivity index (χ4n) is 4.84. The Bertz CT molecular complexity index is 1670. The molecule has 0 spiro atoms. The van der Waals surface area contributed by atoms with Gasteiger partial charge in [0.15, 0.2) is 5.82 Å². The zero-order valence-corrected chi connectivity index (χ0v) is 21.8. The van der Waals surface area contributed by atoms with Gasteiger partial charge in [-0.3, -0.25) is 9.69 Å². The van der Waals surface area contributed by atoms with Gasteiger partial charge < -0.3 is 26.5 Å². The number of fused-ring (bicyclic) bond motifs is 1. The summed E-state index contributed by atoms with van der Waals surface area (Å²) in [6, 6.07) is 7.10. The first-order valence-corrected chi connectivity index (χ1v) is 12.7. The third-order valence-electron chi connectivity index (χ3n) is 6.71. The predicted molar refractivity (Wildman–Crippen MR) is 145 cm³/mol. The monoisotopic (exact) mass is 584 g/mol. The lowest BCUT2D eigenvalue weighted by atomic mass is 9.98. The van der Waals surface area contributed by atoms with Crippen molar-refractivity contribution in [3.63, 3.8) is 0 Å². The van der Waals surface area contributed by atoms with Gasteiger partial charge >= 0.3 is 12.2 Å². The molecule has 3 amide bonds. The minimum absolute atomic E-state index is 0.0263. The SMILES string of the molecule is Nc1ncnn2c(CN3CCNC(=O)C3)c(CC=O)c(-c3ccc(NC(=O)Nc4cc(C(F)(F)F)ccc4F)cc3)c12. The second-order valence-electron chi connectivity index (χ2n) is 9.49. The minimum atomic E-state index is -4.71. The highest BCUT2D eigenvalue weighted by atomic mass is 19.4. The molecule has 1 aliphatic rings. The number of alkyl halides is 3. The molecule has 15 heteroatoms. The second kappa shape index (κ2) is 11.4. The van der Waals surface area contributed by atoms with Gasteiger partial charge in [0, 0.05) is 37.3 Å². The number of nitrogens with one attached hydrogen (secondary N) is 3. The number of aromatic nitrogens is 3. The number of benzene rings is 2. The van der Waals surface area contributed by atoms with E-state index in [9.17, 15) is 31.9 Å². The quantitative estimate of drug-likeness (QED) is 0.192. The van der Waals surface area contributed by atoms with Gasteiger partial charge in [-0.25, -0.2) is 18.7 Å². The molecule has 2 aromatic heterocycles. The van der Waals surface area contributed by atoms with Crippen LogP contribution in [0, 0.1) is 5.82 Å². The number of rotatable bonds is 7. The number of carbonyl (C=O) groups is 3. The highest BCUT2D eigenvalue weighted by Crippen LogP contribution is 2.37. The van der Waals surface area contributed by atoms with Crippen LogP contribution in [-0.4, -0.2) is 57.4 Å². The van der Waals surface area contributed by atoms with E-state index in [1.165, 1.54) is 18.5 Å². The number of nitrogen functional groups attached to an aromatic ring is 1. The minimum Gasteiger partial charge on any atom is -0.382 e. The van der Waals surface area contributed by atoms with Crippen molar-refractivity contribution in [1.29, 1.82) is 0 Å². The van der Waals surface area contributed by atoms with Crippen molar-refractivity contribution in [3.05, 3.63) is 71.4 Å². The molecular formula is C27H24F4N8O3. The van der Waals surface area contributed by atoms with Crippen LogP contribution >= 0.6 is 0 Å². The third-order valence-corrected chi connectivity index (χ3v) is 6.71. The van der Waals surface area contributed by atoms with Gasteiger partial charge in [-0.05, 0) is 41.5 Å². The number of nitrogens with zero attached hydrogens (tertiary/aromatic N) is 4. The van der Waals surface area contributed by atoms with Crippen molar-refractivity contribution < 1.29 is 31.9 Å². The highest BCUT2D eigenvalue weighted by molar-refractivity contribution is 6.00. The van der Waals surface area contributed by atoms with Crippen molar-refractivity contribution in [1.82, 2.24) is 24.8 Å². The van der Waals surface area contributed by atoms with E-state index in [1.54, 1.807) is 16.6 Å². The maximum atomic E-state index is 14.0. The second-order valence-corrected chi connectivity index (χ2v) is 9.49. The number of hydrogen-bond donors (Lipinski definition) is 4. The highest BCUT2D eigenvalue weighted by Gasteiger charge is 2.31. The number of aldehydes is 1. The number of piperazine rings is 1. The van der Waals surface area contributed by atoms with Gasteiger partial charge in [0.05, 0.1) is 23.5 Å². The molecule has 42 heavy (non-hydrogen) atoms. The van der Waals surface area contributed by atoms with E-state index in [1.807, 2.05) is 4.90 Å². The van der Waals surface area contributed by atoms with E-state index in [4.69, 9.17) is 5.73 Å². The molecular weight excluding hydrogens is 560 g/mol. The normalized spacial score (nSPS) is 14.0. The summed E-state index contributed by atoms with van der Waals surface area (Å²) in [6.45, 7) is 1.58. The number of hydrogen-bond acceptors (Lipinski definition) is 7. The van der Waals surface area contributed by atoms with E-state index in [2.05, 4.69) is 26.0 Å². The van der Waals surface area contributed by atoms with E-state index in [0.717, 1.165) is 6.29 Å². The maximum Gasteiger partial charge on any atom is 0.416 e. The van der Waals surface area contributed by atoms with Crippen LogP contribution in [0.2, 0.25) is 0 Å². The Balaban J connectivity index is 1.43. The van der Waals surface area contributed by atoms with Crippen LogP contribution in [0.3, 0.4) is 0 Å². The number of nitrogens with two attached hydrogens (primary N) is 1. The number of urea groups is 1. The Kier molecular flexibility index (Phi) is 7.76. The molecule has 0 atom stereocenters. The summed E-state index contributed by atoms with van der Waals surface area (Å²) in [5.41, 5.74) is 7.74. The first kappa shape index (κ1) is 28.5. The maximum absolute atomic E-state index is 14.0. The van der Waals surface area contributed by atoms with Crippen LogP contribution in [0.5, 0.6) is 0 Å². The van der Waals surface area contributed by atoms with Gasteiger partial charge in [-0.1, -0.05) is 12.1 Å². The lowest BCUT2D eigenvalue weighted by molar-refractivity contribution is -0.137. The molecule has 0 bridgehead atoms. The third kappa shape index (κ3) is 5.85. The number of halogens is 4. The molecule has 5 rings (SSSR count). The van der Waals surface area contributed by atoms with E-state index < -0.39 is 29.3 Å². The molecule has 5 N–H and O–H groups in total. The van der Waals surface area contributed by atoms with E-state index in [0.29, 0.717) is 65.7 Å². The zero-order chi connectivity index (χ0) is 30.0. The molecule has 4 aromatic rings. The lowest BCUT2D eigenvalue weighted by Crippen LogP contribution is -2.47. The van der Waals surface area contributed by atoms with Crippen molar-refractivity contribution in [2.75, 3.05) is 36.0 Å². The van der Waals surface area contributed by atoms with Crippen LogP contribution in [-0.2, 0) is 28.7 Å². The topological polar surface area (TPSA) is 147 Å². The predicted octanol–water partition coefficient (Wildman–Crippen LogP) is 3.45. The van der Waals surface area contributed by atoms with Gasteiger partial charge in [0.2, 0.25) is 5.91 Å². The number of carbonyl (C=O) groups excluding carboxylic acids is 3. The Hall–Kier alpha value is -5.05. The molecule has 0 radical (unpaired) electrons. The zero-order valence-electron chi connectivity index (χ0n) is 21.8. The average molecular weight is 585 g/mol. The van der Waals surface area contributed by atoms with Crippen molar-refractivity contribution in [2.45, 2.75) is 19.1 Å². The smallest absolute Gasteiger partial charge is 0.382 e. The van der Waals surface area contributed by atoms with Gasteiger partial charge in [-0.15, -0.1) is 0 Å². The number of amides is 3. The Morgan fingerprint density at radius 3 is 2.60 bits per heavy atom. The average Bonchev–Trinajstić information content (AvgIpc) is 3.24. The Morgan fingerprint density at radius 2 is 1.90 bits per heavy atom. The first-order chi connectivity index (χ1) is 20.0. The lowest BCUT2D eigenvalue weighted by Gasteiger charge is -2.26. The van der Waals surface area contributed by atoms with E-state index in [-0.39, 0.29) is 30.4 Å². The summed E-state index contributed by atoms with van der Waals surface area (Å²) in [5, 5.41) is 11.7. The summed E-state index contributed by atoms with van der Waals surface area (Å²) >= 11 is 0. The summed E-state index contributed by atoms with van der Waals surface area (Å²) in [7, 11) is 0. The standard InChI is InChI=1S/C27H24F4N8O3/c28-19-6-3-16(27(29,30)31)11-20(19)37-26(42)36-17-4-1-15(2-5-17)23-18(7-10-40)21(12-38-9-8-33-22(41)13-38)39-24(23)25(32)34-14-35-39/h1-6,10-11,14H,7-9,12-13H2,(H,33,41)(H2,32,34,35)(H2,36,37,42). The van der Waals surface area contributed by atoms with Crippen molar-refractivity contribution in [2.24, 2.45) is 0 Å². The summed E-state index contributed by atoms with van der Waals surface area (Å²) < 4.78 is 54.6. The molecule has 11 nitrogen and oxygen atoms in total. The van der Waals surface area contributed by atoms with Crippen LogP contribution in [0.1, 0.15) is 16.8 Å². The molecule has 3 heterocycles. The molecule has 0 saturated carbocycles. The summed E-state index contributed by atoms with van der Waals surface area (Å²) in [4.78, 5) is 42.2. The summed E-state index contributed by atoms with van der Waals surface area (Å²) in [6.07, 6.45) is -2.64. The van der Waals surface area contributed by atoms with Crippen LogP contribution < -0.4 is 21.7 Å². The van der Waals surface area contributed by atoms with E-state index >= 15 is 0 Å². The van der Waals surface area contributed by atoms with Gasteiger partial charge in [0.1, 0.15) is 23.9 Å². The molecule has 218 valence electrons. The van der Waals surface area contributed by atoms with Crippen LogP contribution in [0.25, 0.3) is 16.6 Å². The molecule has 1 saturated heterocycles. The molecule has 0 aliphatic carbocycles. The molecule has 0 unspecified atom stereocenters. The van der Waals surface area contributed by atoms with Crippen LogP contribution in [0.4, 0.5) is 39.5 Å². The van der Waals surface area contributed by atoms with Crippen molar-refractivity contribution in [3.8, 4) is 11.1 Å². The largest absolute Gasteiger partial charge is 0.416 e. The summed E-state index contributed by atoms with van der Waals surface area (Å²) in [5.74, 6) is -0.978. The Labute approximate surface area is 235 Å². The number of anilines is 3. The Morgan fingerprint density at radius 1 is 1.14 bits per heavy atom. The van der Waals surface area contributed by atoms with Gasteiger partial charge in [0.25, 0.3) is 0 Å². The fraction of sp³-hybridized carbons (Fsp3) is 0.222. The molecule has 1 fully saturated rings. The fourth-order valence-corrected chi connectivity index (χ4v) is 4.84. The van der Waals surface area contributed by atoms with Crippen LogP contribution in [0.15, 0.2) is 48.8 Å². The molecule has 1 aliphatic heterocycles. The molecule has 2 aromatic carbocycles. The first-order valence-electron chi connectivity index (χ1n) is 12.7. The van der Waals surface area contributed by atoms with Gasteiger partial charge in [-0.2, -0.15) is 18.3 Å². The van der Waals surface area contributed by atoms with Crippen molar-refractivity contribution >= 4 is 40.9 Å².